The highest BCUT2D eigenvalue weighted by molar-refractivity contribution is 5.47. The first-order valence-electron chi connectivity index (χ1n) is 7.69. The maximum atomic E-state index is 6.56. The SMILES string of the molecule is CNC1CC2(CCN(C)CC2)Oc2c(C)cc(C)cc21. The fourth-order valence-electron chi connectivity index (χ4n) is 3.72. The number of hydrogen-bond acceptors (Lipinski definition) is 3. The molecular formula is C17H26N2O. The monoisotopic (exact) mass is 274 g/mol. The normalized spacial score (nSPS) is 25.3. The minimum absolute atomic E-state index is 0.0349. The Morgan fingerprint density at radius 2 is 1.95 bits per heavy atom. The van der Waals surface area contributed by atoms with Gasteiger partial charge < -0.3 is 15.0 Å². The number of fused-ring (bicyclic) bond motifs is 1. The molecule has 0 aliphatic carbocycles. The van der Waals surface area contributed by atoms with Crippen molar-refractivity contribution in [2.24, 2.45) is 0 Å². The number of ether oxygens (including phenoxy) is 1. The van der Waals surface area contributed by atoms with Crippen LogP contribution in [0.25, 0.3) is 0 Å². The van der Waals surface area contributed by atoms with E-state index in [0.29, 0.717) is 6.04 Å². The number of nitrogens with one attached hydrogen (secondary N) is 1. The van der Waals surface area contributed by atoms with E-state index < -0.39 is 0 Å². The summed E-state index contributed by atoms with van der Waals surface area (Å²) in [5.74, 6) is 1.13. The predicted octanol–water partition coefficient (Wildman–Crippen LogP) is 2.81. The summed E-state index contributed by atoms with van der Waals surface area (Å²) in [6, 6.07) is 4.94. The zero-order valence-corrected chi connectivity index (χ0v) is 13.1. The molecule has 1 spiro atoms. The molecule has 1 aromatic carbocycles. The maximum Gasteiger partial charge on any atom is 0.127 e. The number of benzene rings is 1. The van der Waals surface area contributed by atoms with Crippen molar-refractivity contribution in [1.82, 2.24) is 10.2 Å². The van der Waals surface area contributed by atoms with Crippen LogP contribution in [-0.4, -0.2) is 37.7 Å². The highest BCUT2D eigenvalue weighted by atomic mass is 16.5. The van der Waals surface area contributed by atoms with Gasteiger partial charge in [-0.1, -0.05) is 17.7 Å². The zero-order valence-electron chi connectivity index (χ0n) is 13.1. The van der Waals surface area contributed by atoms with Crippen LogP contribution in [0.2, 0.25) is 0 Å². The van der Waals surface area contributed by atoms with Crippen molar-refractivity contribution < 1.29 is 4.74 Å². The molecule has 0 radical (unpaired) electrons. The van der Waals surface area contributed by atoms with E-state index in [9.17, 15) is 0 Å². The smallest absolute Gasteiger partial charge is 0.127 e. The van der Waals surface area contributed by atoms with E-state index in [1.54, 1.807) is 0 Å². The number of piperidine rings is 1. The number of rotatable bonds is 1. The zero-order chi connectivity index (χ0) is 14.3. The summed E-state index contributed by atoms with van der Waals surface area (Å²) in [7, 11) is 4.27. The highest BCUT2D eigenvalue weighted by Crippen LogP contribution is 2.45. The Labute approximate surface area is 122 Å². The van der Waals surface area contributed by atoms with Crippen LogP contribution in [0, 0.1) is 13.8 Å². The topological polar surface area (TPSA) is 24.5 Å². The van der Waals surface area contributed by atoms with Crippen molar-refractivity contribution in [1.29, 1.82) is 0 Å². The molecule has 3 heteroatoms. The third kappa shape index (κ3) is 2.33. The van der Waals surface area contributed by atoms with Crippen molar-refractivity contribution in [3.05, 3.63) is 28.8 Å². The average molecular weight is 274 g/mol. The molecule has 2 aliphatic heterocycles. The van der Waals surface area contributed by atoms with E-state index in [4.69, 9.17) is 4.74 Å². The van der Waals surface area contributed by atoms with Crippen molar-refractivity contribution in [3.63, 3.8) is 0 Å². The summed E-state index contributed by atoms with van der Waals surface area (Å²) in [5.41, 5.74) is 3.98. The molecule has 3 rings (SSSR count). The van der Waals surface area contributed by atoms with Gasteiger partial charge in [0.25, 0.3) is 0 Å². The first kappa shape index (κ1) is 13.9. The summed E-state index contributed by atoms with van der Waals surface area (Å²) in [6.07, 6.45) is 3.36. The van der Waals surface area contributed by atoms with E-state index >= 15 is 0 Å². The van der Waals surface area contributed by atoms with Gasteiger partial charge in [-0.2, -0.15) is 0 Å². The van der Waals surface area contributed by atoms with Crippen LogP contribution in [0.3, 0.4) is 0 Å². The van der Waals surface area contributed by atoms with Crippen LogP contribution in [0.5, 0.6) is 5.75 Å². The molecule has 0 amide bonds. The quantitative estimate of drug-likeness (QED) is 0.852. The second-order valence-corrected chi connectivity index (χ2v) is 6.63. The Balaban J connectivity index is 1.98. The molecule has 2 heterocycles. The summed E-state index contributed by atoms with van der Waals surface area (Å²) in [4.78, 5) is 2.40. The summed E-state index contributed by atoms with van der Waals surface area (Å²) >= 11 is 0. The van der Waals surface area contributed by atoms with Crippen LogP contribution < -0.4 is 10.1 Å². The van der Waals surface area contributed by atoms with Crippen molar-refractivity contribution in [3.8, 4) is 5.75 Å². The van der Waals surface area contributed by atoms with Crippen LogP contribution >= 0.6 is 0 Å². The second kappa shape index (κ2) is 5.05. The lowest BCUT2D eigenvalue weighted by Gasteiger charge is -2.46. The average Bonchev–Trinajstić information content (AvgIpc) is 2.43. The molecule has 2 aliphatic rings. The van der Waals surface area contributed by atoms with Gasteiger partial charge in [0.05, 0.1) is 0 Å². The third-order valence-corrected chi connectivity index (χ3v) is 4.96. The Morgan fingerprint density at radius 1 is 1.25 bits per heavy atom. The minimum atomic E-state index is 0.0349. The first-order chi connectivity index (χ1) is 9.53. The lowest BCUT2D eigenvalue weighted by Crippen LogP contribution is -2.51. The predicted molar refractivity (Wildman–Crippen MR) is 82.4 cm³/mol. The molecule has 1 saturated heterocycles. The lowest BCUT2D eigenvalue weighted by molar-refractivity contribution is -0.0201. The van der Waals surface area contributed by atoms with Gasteiger partial charge in [0.15, 0.2) is 0 Å². The Kier molecular flexibility index (Phi) is 3.51. The fraction of sp³-hybridized carbons (Fsp3) is 0.647. The Hall–Kier alpha value is -1.06. The molecule has 1 fully saturated rings. The number of nitrogens with zero attached hydrogens (tertiary/aromatic N) is 1. The van der Waals surface area contributed by atoms with Crippen molar-refractivity contribution in [2.45, 2.75) is 44.8 Å². The molecule has 20 heavy (non-hydrogen) atoms. The lowest BCUT2D eigenvalue weighted by atomic mass is 9.80. The van der Waals surface area contributed by atoms with E-state index in [2.05, 4.69) is 50.3 Å². The molecule has 0 saturated carbocycles. The standard InChI is InChI=1S/C17H26N2O/c1-12-9-13(2)16-14(10-12)15(18-3)11-17(20-16)5-7-19(4)8-6-17/h9-10,15,18H,5-8,11H2,1-4H3. The fourth-order valence-corrected chi connectivity index (χ4v) is 3.72. The summed E-state index contributed by atoms with van der Waals surface area (Å²) in [5, 5.41) is 3.50. The van der Waals surface area contributed by atoms with Crippen molar-refractivity contribution in [2.75, 3.05) is 27.2 Å². The van der Waals surface area contributed by atoms with E-state index in [1.165, 1.54) is 16.7 Å². The largest absolute Gasteiger partial charge is 0.486 e. The molecule has 0 bridgehead atoms. The van der Waals surface area contributed by atoms with Gasteiger partial charge in [0.2, 0.25) is 0 Å². The van der Waals surface area contributed by atoms with Gasteiger partial charge in [-0.05, 0) is 46.3 Å². The number of aryl methyl sites for hydroxylation is 2. The molecule has 1 atom stereocenters. The number of likely N-dealkylation sites (tertiary alicyclic amines) is 1. The van der Waals surface area contributed by atoms with Crippen LogP contribution in [0.4, 0.5) is 0 Å². The first-order valence-corrected chi connectivity index (χ1v) is 7.69. The molecule has 1 unspecified atom stereocenters. The van der Waals surface area contributed by atoms with Crippen LogP contribution in [0.1, 0.15) is 42.0 Å². The van der Waals surface area contributed by atoms with Gasteiger partial charge in [-0.15, -0.1) is 0 Å². The van der Waals surface area contributed by atoms with Crippen LogP contribution in [-0.2, 0) is 0 Å². The van der Waals surface area contributed by atoms with Gasteiger partial charge >= 0.3 is 0 Å². The van der Waals surface area contributed by atoms with Gasteiger partial charge in [-0.25, -0.2) is 0 Å². The molecule has 1 N–H and O–H groups in total. The minimum Gasteiger partial charge on any atom is -0.486 e. The summed E-state index contributed by atoms with van der Waals surface area (Å²) < 4.78 is 6.56. The number of hydrogen-bond donors (Lipinski definition) is 1. The van der Waals surface area contributed by atoms with Gasteiger partial charge in [-0.3, -0.25) is 0 Å². The van der Waals surface area contributed by atoms with Gasteiger partial charge in [0, 0.05) is 31.1 Å². The maximum absolute atomic E-state index is 6.56. The Bertz CT molecular complexity index is 504. The molecule has 3 nitrogen and oxygen atoms in total. The van der Waals surface area contributed by atoms with E-state index in [0.717, 1.165) is 38.1 Å². The van der Waals surface area contributed by atoms with E-state index in [-0.39, 0.29) is 5.60 Å². The van der Waals surface area contributed by atoms with E-state index in [1.807, 2.05) is 0 Å². The molecule has 110 valence electrons. The van der Waals surface area contributed by atoms with Gasteiger partial charge in [0.1, 0.15) is 11.4 Å². The summed E-state index contributed by atoms with van der Waals surface area (Å²) in [6.45, 7) is 6.61. The molecule has 0 aromatic heterocycles. The Morgan fingerprint density at radius 3 is 2.60 bits per heavy atom. The highest BCUT2D eigenvalue weighted by Gasteiger charge is 2.42. The third-order valence-electron chi connectivity index (χ3n) is 4.96. The second-order valence-electron chi connectivity index (χ2n) is 6.63. The van der Waals surface area contributed by atoms with Crippen LogP contribution in [0.15, 0.2) is 12.1 Å². The van der Waals surface area contributed by atoms with Crippen molar-refractivity contribution >= 4 is 0 Å². The molecule has 1 aromatic rings. The molecular weight excluding hydrogens is 248 g/mol.